The number of benzene rings is 1. The maximum Gasteiger partial charge on any atom is 0.305 e. The molecule has 0 aliphatic heterocycles. The zero-order valence-electron chi connectivity index (χ0n) is 10.9. The fourth-order valence-electron chi connectivity index (χ4n) is 1.68. The van der Waals surface area contributed by atoms with Gasteiger partial charge in [0.25, 0.3) is 0 Å². The summed E-state index contributed by atoms with van der Waals surface area (Å²) >= 11 is 3.46. The third-order valence-electron chi connectivity index (χ3n) is 2.66. The predicted octanol–water partition coefficient (Wildman–Crippen LogP) is 3.44. The van der Waals surface area contributed by atoms with Crippen molar-refractivity contribution in [2.75, 3.05) is 13.2 Å². The molecule has 1 unspecified atom stereocenters. The van der Waals surface area contributed by atoms with Gasteiger partial charge < -0.3 is 10.1 Å². The van der Waals surface area contributed by atoms with Crippen LogP contribution in [0.25, 0.3) is 0 Å². The first kappa shape index (κ1) is 15.2. The topological polar surface area (TPSA) is 38.3 Å². The van der Waals surface area contributed by atoms with Gasteiger partial charge in [0.1, 0.15) is 0 Å². The van der Waals surface area contributed by atoms with Gasteiger partial charge in [0, 0.05) is 16.9 Å². The molecule has 0 bridgehead atoms. The summed E-state index contributed by atoms with van der Waals surface area (Å²) in [6.07, 6.45) is 1.28. The number of hydrogen-bond donors (Lipinski definition) is 1. The van der Waals surface area contributed by atoms with Crippen molar-refractivity contribution in [3.63, 3.8) is 0 Å². The van der Waals surface area contributed by atoms with Crippen molar-refractivity contribution in [2.45, 2.75) is 32.7 Å². The van der Waals surface area contributed by atoms with Crippen molar-refractivity contribution in [3.05, 3.63) is 34.3 Å². The molecule has 0 radical (unpaired) electrons. The molecule has 0 aromatic heterocycles. The first-order valence-corrected chi connectivity index (χ1v) is 7.07. The van der Waals surface area contributed by atoms with E-state index in [1.807, 2.05) is 19.1 Å². The molecular weight excluding hydrogens is 294 g/mol. The number of carbonyl (C=O) groups excluding carboxylic acids is 1. The molecule has 0 saturated heterocycles. The standard InChI is InChI=1S/C14H20BrNO2/c1-3-18-14(17)8-5-9-16-11(2)12-6-4-7-13(15)10-12/h4,6-7,10-11,16H,3,5,8-9H2,1-2H3. The van der Waals surface area contributed by atoms with Crippen molar-refractivity contribution < 1.29 is 9.53 Å². The molecule has 0 saturated carbocycles. The van der Waals surface area contributed by atoms with E-state index in [9.17, 15) is 4.79 Å². The zero-order valence-corrected chi connectivity index (χ0v) is 12.5. The van der Waals surface area contributed by atoms with Gasteiger partial charge in [-0.25, -0.2) is 0 Å². The summed E-state index contributed by atoms with van der Waals surface area (Å²) in [6, 6.07) is 8.51. The Morgan fingerprint density at radius 3 is 2.94 bits per heavy atom. The van der Waals surface area contributed by atoms with E-state index in [1.165, 1.54) is 5.56 Å². The SMILES string of the molecule is CCOC(=O)CCCNC(C)c1cccc(Br)c1. The number of halogens is 1. The lowest BCUT2D eigenvalue weighted by molar-refractivity contribution is -0.143. The van der Waals surface area contributed by atoms with Gasteiger partial charge in [0.05, 0.1) is 6.61 Å². The van der Waals surface area contributed by atoms with Crippen LogP contribution in [0.4, 0.5) is 0 Å². The van der Waals surface area contributed by atoms with Crippen LogP contribution in [-0.4, -0.2) is 19.1 Å². The van der Waals surface area contributed by atoms with Crippen LogP contribution in [0.1, 0.15) is 38.3 Å². The normalized spacial score (nSPS) is 12.2. The molecule has 0 aliphatic carbocycles. The summed E-state index contributed by atoms with van der Waals surface area (Å²) in [4.78, 5) is 11.1. The number of carbonyl (C=O) groups is 1. The van der Waals surface area contributed by atoms with Crippen LogP contribution in [0.2, 0.25) is 0 Å². The second-order valence-corrected chi connectivity index (χ2v) is 5.06. The summed E-state index contributed by atoms with van der Waals surface area (Å²) in [5, 5.41) is 3.39. The number of rotatable bonds is 7. The first-order valence-electron chi connectivity index (χ1n) is 6.28. The maximum atomic E-state index is 11.1. The molecule has 0 fully saturated rings. The third-order valence-corrected chi connectivity index (χ3v) is 3.16. The highest BCUT2D eigenvalue weighted by Gasteiger charge is 2.06. The molecule has 1 aromatic rings. The Morgan fingerprint density at radius 1 is 1.50 bits per heavy atom. The van der Waals surface area contributed by atoms with Crippen LogP contribution >= 0.6 is 15.9 Å². The van der Waals surface area contributed by atoms with E-state index >= 15 is 0 Å². The van der Waals surface area contributed by atoms with Crippen molar-refractivity contribution >= 4 is 21.9 Å². The van der Waals surface area contributed by atoms with Crippen molar-refractivity contribution in [1.29, 1.82) is 0 Å². The van der Waals surface area contributed by atoms with E-state index < -0.39 is 0 Å². The Morgan fingerprint density at radius 2 is 2.28 bits per heavy atom. The highest BCUT2D eigenvalue weighted by molar-refractivity contribution is 9.10. The molecule has 1 aromatic carbocycles. The third kappa shape index (κ3) is 5.65. The van der Waals surface area contributed by atoms with Gasteiger partial charge in [-0.3, -0.25) is 4.79 Å². The fourth-order valence-corrected chi connectivity index (χ4v) is 2.10. The van der Waals surface area contributed by atoms with E-state index in [1.54, 1.807) is 0 Å². The van der Waals surface area contributed by atoms with Crippen LogP contribution in [0.15, 0.2) is 28.7 Å². The van der Waals surface area contributed by atoms with Gasteiger partial charge in [-0.2, -0.15) is 0 Å². The molecule has 3 nitrogen and oxygen atoms in total. The minimum Gasteiger partial charge on any atom is -0.466 e. The van der Waals surface area contributed by atoms with Gasteiger partial charge in [-0.1, -0.05) is 28.1 Å². The number of esters is 1. The molecule has 0 spiro atoms. The lowest BCUT2D eigenvalue weighted by atomic mass is 10.1. The minimum atomic E-state index is -0.116. The monoisotopic (exact) mass is 313 g/mol. The van der Waals surface area contributed by atoms with E-state index in [-0.39, 0.29) is 12.0 Å². The maximum absolute atomic E-state index is 11.1. The Labute approximate surface area is 117 Å². The van der Waals surface area contributed by atoms with Gasteiger partial charge in [-0.15, -0.1) is 0 Å². The lowest BCUT2D eigenvalue weighted by Gasteiger charge is -2.14. The van der Waals surface area contributed by atoms with Crippen LogP contribution in [0, 0.1) is 0 Å². The Bertz CT molecular complexity index is 382. The number of hydrogen-bond acceptors (Lipinski definition) is 3. The van der Waals surface area contributed by atoms with Crippen molar-refractivity contribution in [3.8, 4) is 0 Å². The van der Waals surface area contributed by atoms with E-state index in [2.05, 4.69) is 40.3 Å². The van der Waals surface area contributed by atoms with Gasteiger partial charge in [-0.05, 0) is 44.5 Å². The molecule has 0 heterocycles. The van der Waals surface area contributed by atoms with E-state index in [4.69, 9.17) is 4.74 Å². The average Bonchev–Trinajstić information content (AvgIpc) is 2.35. The van der Waals surface area contributed by atoms with E-state index in [0.29, 0.717) is 13.0 Å². The van der Waals surface area contributed by atoms with Crippen LogP contribution in [-0.2, 0) is 9.53 Å². The molecule has 1 rings (SSSR count). The summed E-state index contributed by atoms with van der Waals surface area (Å²) in [6.45, 7) is 5.21. The molecule has 4 heteroatoms. The summed E-state index contributed by atoms with van der Waals surface area (Å²) in [5.74, 6) is -0.116. The zero-order chi connectivity index (χ0) is 13.4. The molecule has 1 atom stereocenters. The molecule has 100 valence electrons. The highest BCUT2D eigenvalue weighted by Crippen LogP contribution is 2.17. The summed E-state index contributed by atoms with van der Waals surface area (Å²) < 4.78 is 5.96. The quantitative estimate of drug-likeness (QED) is 0.619. The Hall–Kier alpha value is -0.870. The highest BCUT2D eigenvalue weighted by atomic mass is 79.9. The number of ether oxygens (including phenoxy) is 1. The first-order chi connectivity index (χ1) is 8.63. The molecule has 1 N–H and O–H groups in total. The average molecular weight is 314 g/mol. The van der Waals surface area contributed by atoms with Crippen molar-refractivity contribution in [2.24, 2.45) is 0 Å². The molecule has 18 heavy (non-hydrogen) atoms. The van der Waals surface area contributed by atoms with E-state index in [0.717, 1.165) is 17.4 Å². The summed E-state index contributed by atoms with van der Waals surface area (Å²) in [7, 11) is 0. The van der Waals surface area contributed by atoms with Gasteiger partial charge in [0.15, 0.2) is 0 Å². The largest absolute Gasteiger partial charge is 0.466 e. The minimum absolute atomic E-state index is 0.116. The molecule has 0 amide bonds. The second-order valence-electron chi connectivity index (χ2n) is 4.14. The van der Waals surface area contributed by atoms with Crippen LogP contribution in [0.3, 0.4) is 0 Å². The van der Waals surface area contributed by atoms with Gasteiger partial charge in [0.2, 0.25) is 0 Å². The summed E-state index contributed by atoms with van der Waals surface area (Å²) in [5.41, 5.74) is 1.24. The molecular formula is C14H20BrNO2. The smallest absolute Gasteiger partial charge is 0.305 e. The van der Waals surface area contributed by atoms with Crippen molar-refractivity contribution in [1.82, 2.24) is 5.32 Å². The van der Waals surface area contributed by atoms with Crippen LogP contribution in [0.5, 0.6) is 0 Å². The number of nitrogens with one attached hydrogen (secondary N) is 1. The van der Waals surface area contributed by atoms with Gasteiger partial charge >= 0.3 is 5.97 Å². The fraction of sp³-hybridized carbons (Fsp3) is 0.500. The molecule has 0 aliphatic rings. The Balaban J connectivity index is 2.25. The second kappa shape index (κ2) is 8.27. The lowest BCUT2D eigenvalue weighted by Crippen LogP contribution is -2.20. The predicted molar refractivity (Wildman–Crippen MR) is 76.4 cm³/mol. The Kier molecular flexibility index (Phi) is 6.98. The van der Waals surface area contributed by atoms with Crippen LogP contribution < -0.4 is 5.32 Å².